The largest absolute Gasteiger partial charge is 0.444 e. The number of hydrogen-bond donors (Lipinski definition) is 2. The van der Waals surface area contributed by atoms with Crippen LogP contribution in [0.4, 0.5) is 10.5 Å². The van der Waals surface area contributed by atoms with E-state index in [0.717, 1.165) is 22.9 Å². The van der Waals surface area contributed by atoms with Gasteiger partial charge in [0.2, 0.25) is 5.91 Å². The number of aryl methyl sites for hydroxylation is 1. The van der Waals surface area contributed by atoms with Crippen molar-refractivity contribution in [3.63, 3.8) is 0 Å². The smallest absolute Gasteiger partial charge is 0.408 e. The van der Waals surface area contributed by atoms with Gasteiger partial charge in [-0.25, -0.2) is 4.79 Å². The van der Waals surface area contributed by atoms with Gasteiger partial charge in [-0.15, -0.1) is 0 Å². The lowest BCUT2D eigenvalue weighted by Crippen LogP contribution is -2.46. The monoisotopic (exact) mass is 428 g/mol. The molecule has 0 aromatic heterocycles. The van der Waals surface area contributed by atoms with E-state index < -0.39 is 33.8 Å². The number of benzene rings is 1. The number of carbonyl (C=O) groups excluding carboxylic acids is 2. The molecule has 9 heteroatoms. The number of anilines is 1. The van der Waals surface area contributed by atoms with Crippen molar-refractivity contribution in [2.24, 2.45) is 0 Å². The van der Waals surface area contributed by atoms with Crippen LogP contribution >= 0.6 is 0 Å². The van der Waals surface area contributed by atoms with Gasteiger partial charge in [0.1, 0.15) is 11.6 Å². The zero-order valence-electron chi connectivity index (χ0n) is 18.2. The van der Waals surface area contributed by atoms with Crippen molar-refractivity contribution in [3.05, 3.63) is 28.8 Å². The van der Waals surface area contributed by atoms with Crippen LogP contribution in [0.1, 0.15) is 50.3 Å². The van der Waals surface area contributed by atoms with E-state index in [1.165, 1.54) is 0 Å². The van der Waals surface area contributed by atoms with Crippen LogP contribution in [0.2, 0.25) is 0 Å². The summed E-state index contributed by atoms with van der Waals surface area (Å²) >= 11 is 0. The Bertz CT molecular complexity index is 843. The van der Waals surface area contributed by atoms with Crippen molar-refractivity contribution in [1.29, 1.82) is 0 Å². The Labute approximate surface area is 173 Å². The molecule has 1 rings (SSSR count). The SMILES string of the molecule is Cc1ccc(NC(=O)[C@@H](CCCOS(C)(=O)=O)NC(=O)OC(C)(C)C)c(C)c1C. The van der Waals surface area contributed by atoms with Crippen LogP contribution in [0.25, 0.3) is 0 Å². The number of ether oxygens (including phenoxy) is 1. The third-order valence-corrected chi connectivity index (χ3v) is 4.85. The van der Waals surface area contributed by atoms with Gasteiger partial charge >= 0.3 is 6.09 Å². The number of alkyl carbamates (subject to hydrolysis) is 1. The molecule has 164 valence electrons. The Morgan fingerprint density at radius 1 is 1.10 bits per heavy atom. The molecule has 29 heavy (non-hydrogen) atoms. The summed E-state index contributed by atoms with van der Waals surface area (Å²) in [6.07, 6.45) is 0.675. The second kappa shape index (κ2) is 10.1. The third-order valence-electron chi connectivity index (χ3n) is 4.26. The molecule has 0 radical (unpaired) electrons. The fourth-order valence-corrected chi connectivity index (χ4v) is 2.95. The molecule has 1 atom stereocenters. The van der Waals surface area contributed by atoms with Gasteiger partial charge in [0.05, 0.1) is 12.9 Å². The number of amides is 2. The van der Waals surface area contributed by atoms with Gasteiger partial charge in [-0.05, 0) is 77.1 Å². The number of carbonyl (C=O) groups is 2. The minimum atomic E-state index is -3.57. The molecule has 1 aromatic rings. The molecule has 1 aromatic carbocycles. The van der Waals surface area contributed by atoms with E-state index in [2.05, 4.69) is 10.6 Å². The van der Waals surface area contributed by atoms with Gasteiger partial charge in [0.25, 0.3) is 10.1 Å². The fraction of sp³-hybridized carbons (Fsp3) is 0.600. The lowest BCUT2D eigenvalue weighted by molar-refractivity contribution is -0.118. The predicted octanol–water partition coefficient (Wildman–Crippen LogP) is 3.20. The van der Waals surface area contributed by atoms with Crippen molar-refractivity contribution >= 4 is 27.8 Å². The molecular formula is C20H32N2O6S. The van der Waals surface area contributed by atoms with Gasteiger partial charge < -0.3 is 15.4 Å². The van der Waals surface area contributed by atoms with Crippen LogP contribution in [-0.2, 0) is 23.8 Å². The summed E-state index contributed by atoms with van der Waals surface area (Å²) in [5.41, 5.74) is 3.06. The zero-order valence-corrected chi connectivity index (χ0v) is 19.0. The minimum Gasteiger partial charge on any atom is -0.444 e. The topological polar surface area (TPSA) is 111 Å². The summed E-state index contributed by atoms with van der Waals surface area (Å²) in [5, 5.41) is 5.39. The maximum absolute atomic E-state index is 12.8. The molecular weight excluding hydrogens is 396 g/mol. The Hall–Kier alpha value is -2.13. The van der Waals surface area contributed by atoms with Crippen molar-refractivity contribution in [3.8, 4) is 0 Å². The summed E-state index contributed by atoms with van der Waals surface area (Å²) in [6, 6.07) is 2.81. The molecule has 2 N–H and O–H groups in total. The van der Waals surface area contributed by atoms with Gasteiger partial charge in [-0.2, -0.15) is 8.42 Å². The van der Waals surface area contributed by atoms with Crippen LogP contribution in [0.5, 0.6) is 0 Å². The van der Waals surface area contributed by atoms with Crippen LogP contribution in [0, 0.1) is 20.8 Å². The standard InChI is InChI=1S/C20H32N2O6S/c1-13-10-11-16(15(3)14(13)2)21-18(23)17(9-8-12-27-29(7,25)26)22-19(24)28-20(4,5)6/h10-11,17H,8-9,12H2,1-7H3,(H,21,23)(H,22,24)/t17-/m1/s1. The van der Waals surface area contributed by atoms with Crippen molar-refractivity contribution < 1.29 is 26.9 Å². The van der Waals surface area contributed by atoms with Crippen LogP contribution in [0.3, 0.4) is 0 Å². The first kappa shape index (κ1) is 24.9. The molecule has 0 aliphatic carbocycles. The normalized spacial score (nSPS) is 12.9. The lowest BCUT2D eigenvalue weighted by atomic mass is 10.0. The zero-order chi connectivity index (χ0) is 22.4. The summed E-state index contributed by atoms with van der Waals surface area (Å²) in [4.78, 5) is 25.0. The molecule has 0 saturated carbocycles. The molecule has 0 fully saturated rings. The Balaban J connectivity index is 2.89. The van der Waals surface area contributed by atoms with E-state index in [4.69, 9.17) is 8.92 Å². The average molecular weight is 429 g/mol. The van der Waals surface area contributed by atoms with E-state index >= 15 is 0 Å². The van der Waals surface area contributed by atoms with Crippen LogP contribution < -0.4 is 10.6 Å². The van der Waals surface area contributed by atoms with Crippen molar-refractivity contribution in [2.45, 2.75) is 66.0 Å². The maximum Gasteiger partial charge on any atom is 0.408 e. The molecule has 0 spiro atoms. The minimum absolute atomic E-state index is 0.0821. The second-order valence-corrected chi connectivity index (χ2v) is 9.68. The Morgan fingerprint density at radius 2 is 1.72 bits per heavy atom. The molecule has 0 saturated heterocycles. The first-order chi connectivity index (χ1) is 13.2. The highest BCUT2D eigenvalue weighted by atomic mass is 32.2. The van der Waals surface area contributed by atoms with Crippen LogP contribution in [0.15, 0.2) is 12.1 Å². The third kappa shape index (κ3) is 9.27. The van der Waals surface area contributed by atoms with E-state index in [1.807, 2.05) is 32.9 Å². The molecule has 0 unspecified atom stereocenters. The van der Waals surface area contributed by atoms with Gasteiger partial charge in [-0.1, -0.05) is 6.07 Å². The van der Waals surface area contributed by atoms with E-state index in [0.29, 0.717) is 5.69 Å². The molecule has 0 aliphatic heterocycles. The van der Waals surface area contributed by atoms with Crippen LogP contribution in [-0.4, -0.2) is 44.9 Å². The Kier molecular flexibility index (Phi) is 8.65. The molecule has 0 aliphatic rings. The lowest BCUT2D eigenvalue weighted by Gasteiger charge is -2.24. The van der Waals surface area contributed by atoms with E-state index in [-0.39, 0.29) is 19.4 Å². The highest BCUT2D eigenvalue weighted by Crippen LogP contribution is 2.22. The van der Waals surface area contributed by atoms with E-state index in [1.54, 1.807) is 20.8 Å². The molecule has 2 amide bonds. The van der Waals surface area contributed by atoms with Crippen molar-refractivity contribution in [1.82, 2.24) is 5.32 Å². The first-order valence-electron chi connectivity index (χ1n) is 9.41. The van der Waals surface area contributed by atoms with Crippen molar-refractivity contribution in [2.75, 3.05) is 18.2 Å². The molecule has 0 heterocycles. The number of hydrogen-bond acceptors (Lipinski definition) is 6. The Morgan fingerprint density at radius 3 is 2.28 bits per heavy atom. The molecule has 8 nitrogen and oxygen atoms in total. The number of rotatable bonds is 8. The summed E-state index contributed by atoms with van der Waals surface area (Å²) in [5.74, 6) is -0.415. The summed E-state index contributed by atoms with van der Waals surface area (Å²) < 4.78 is 32.1. The van der Waals surface area contributed by atoms with Gasteiger partial charge in [0, 0.05) is 5.69 Å². The highest BCUT2D eigenvalue weighted by molar-refractivity contribution is 7.85. The summed E-state index contributed by atoms with van der Waals surface area (Å²) in [7, 11) is -3.57. The highest BCUT2D eigenvalue weighted by Gasteiger charge is 2.25. The van der Waals surface area contributed by atoms with Gasteiger partial charge in [-0.3, -0.25) is 8.98 Å². The fourth-order valence-electron chi connectivity index (χ4n) is 2.53. The predicted molar refractivity (Wildman–Crippen MR) is 112 cm³/mol. The quantitative estimate of drug-likeness (QED) is 0.486. The first-order valence-corrected chi connectivity index (χ1v) is 11.2. The van der Waals surface area contributed by atoms with Gasteiger partial charge in [0.15, 0.2) is 0 Å². The number of nitrogens with one attached hydrogen (secondary N) is 2. The second-order valence-electron chi connectivity index (χ2n) is 8.04. The average Bonchev–Trinajstić information content (AvgIpc) is 2.55. The summed E-state index contributed by atoms with van der Waals surface area (Å²) in [6.45, 7) is 11.0. The maximum atomic E-state index is 12.8. The van der Waals surface area contributed by atoms with E-state index in [9.17, 15) is 18.0 Å². The molecule has 0 bridgehead atoms.